The Hall–Kier alpha value is -3.84. The van der Waals surface area contributed by atoms with Gasteiger partial charge in [0.05, 0.1) is 24.0 Å². The summed E-state index contributed by atoms with van der Waals surface area (Å²) < 4.78 is 10.3. The normalized spacial score (nSPS) is 16.1. The summed E-state index contributed by atoms with van der Waals surface area (Å²) in [5.74, 6) is -0.359. The maximum absolute atomic E-state index is 12.4. The molecule has 2 aromatic rings. The molecule has 0 saturated carbocycles. The molecule has 1 aliphatic rings. The lowest BCUT2D eigenvalue weighted by atomic mass is 9.91. The number of aliphatic imine (C=N–C) groups is 1. The molecular weight excluding hydrogens is 434 g/mol. The second-order valence-electron chi connectivity index (χ2n) is 9.04. The minimum absolute atomic E-state index is 0.168. The number of likely N-dealkylation sites (tertiary alicyclic amines) is 1. The first-order chi connectivity index (χ1) is 16.2. The topological polar surface area (TPSA) is 117 Å². The minimum atomic E-state index is -0.588. The number of amides is 1. The number of ether oxygens (including phenoxy) is 2. The second kappa shape index (κ2) is 10.9. The SMILES string of the molecule is COC(=O)c1cccc(C=Nc2ccc([C@@H]3CCCN(C(=O)OC(C)(C)C)C3)cc2)c1N=[N+]=[N-]. The molecule has 1 heterocycles. The van der Waals surface area contributed by atoms with Crippen molar-refractivity contribution in [2.75, 3.05) is 20.2 Å². The first-order valence-electron chi connectivity index (χ1n) is 11.1. The largest absolute Gasteiger partial charge is 0.465 e. The van der Waals surface area contributed by atoms with Gasteiger partial charge >= 0.3 is 12.1 Å². The van der Waals surface area contributed by atoms with E-state index in [4.69, 9.17) is 15.0 Å². The lowest BCUT2D eigenvalue weighted by Gasteiger charge is -2.34. The van der Waals surface area contributed by atoms with Gasteiger partial charge in [-0.1, -0.05) is 29.4 Å². The van der Waals surface area contributed by atoms with E-state index < -0.39 is 11.6 Å². The van der Waals surface area contributed by atoms with Gasteiger partial charge in [-0.2, -0.15) is 0 Å². The highest BCUT2D eigenvalue weighted by Gasteiger charge is 2.28. The standard InChI is InChI=1S/C25H29N5O4/c1-25(2,3)34-24(32)30-14-6-8-19(16-30)17-10-12-20(13-11-17)27-15-18-7-5-9-21(23(31)33-4)22(18)28-29-26/h5,7,9-13,15,19H,6,8,14,16H2,1-4H3/t19-/m1/s1. The van der Waals surface area contributed by atoms with E-state index in [0.717, 1.165) is 18.4 Å². The number of azide groups is 1. The average Bonchev–Trinajstić information content (AvgIpc) is 2.82. The Labute approximate surface area is 199 Å². The van der Waals surface area contributed by atoms with Gasteiger partial charge in [-0.3, -0.25) is 4.99 Å². The van der Waals surface area contributed by atoms with Gasteiger partial charge in [-0.15, -0.1) is 0 Å². The predicted octanol–water partition coefficient (Wildman–Crippen LogP) is 6.28. The average molecular weight is 464 g/mol. The fourth-order valence-electron chi connectivity index (χ4n) is 3.81. The maximum atomic E-state index is 12.4. The van der Waals surface area contributed by atoms with E-state index in [-0.39, 0.29) is 23.3 Å². The lowest BCUT2D eigenvalue weighted by molar-refractivity contribution is 0.0198. The summed E-state index contributed by atoms with van der Waals surface area (Å²) in [7, 11) is 1.27. The van der Waals surface area contributed by atoms with Crippen LogP contribution in [0.25, 0.3) is 10.4 Å². The summed E-state index contributed by atoms with van der Waals surface area (Å²) >= 11 is 0. The van der Waals surface area contributed by atoms with Crippen LogP contribution in [0.15, 0.2) is 52.6 Å². The van der Waals surface area contributed by atoms with Crippen LogP contribution in [0.1, 0.15) is 61.0 Å². The molecule has 3 rings (SSSR count). The molecule has 0 aromatic heterocycles. The van der Waals surface area contributed by atoms with Crippen LogP contribution >= 0.6 is 0 Å². The number of hydrogen-bond acceptors (Lipinski definition) is 6. The number of benzene rings is 2. The van der Waals surface area contributed by atoms with Crippen LogP contribution < -0.4 is 0 Å². The molecule has 1 saturated heterocycles. The summed E-state index contributed by atoms with van der Waals surface area (Å²) in [6.45, 7) is 6.92. The Balaban J connectivity index is 1.74. The maximum Gasteiger partial charge on any atom is 0.410 e. The molecule has 1 fully saturated rings. The Morgan fingerprint density at radius 2 is 1.91 bits per heavy atom. The van der Waals surface area contributed by atoms with Crippen molar-refractivity contribution in [3.63, 3.8) is 0 Å². The summed E-state index contributed by atoms with van der Waals surface area (Å²) in [5, 5.41) is 3.65. The van der Waals surface area contributed by atoms with Crippen LogP contribution in [-0.2, 0) is 9.47 Å². The summed E-state index contributed by atoms with van der Waals surface area (Å²) in [6.07, 6.45) is 3.19. The Morgan fingerprint density at radius 3 is 2.56 bits per heavy atom. The van der Waals surface area contributed by atoms with Crippen molar-refractivity contribution in [3.05, 3.63) is 69.6 Å². The van der Waals surface area contributed by atoms with Crippen molar-refractivity contribution in [2.45, 2.75) is 45.1 Å². The van der Waals surface area contributed by atoms with Gasteiger partial charge in [0.15, 0.2) is 0 Å². The third-order valence-electron chi connectivity index (χ3n) is 5.41. The molecule has 0 N–H and O–H groups in total. The fraction of sp³-hybridized carbons (Fsp3) is 0.400. The van der Waals surface area contributed by atoms with Crippen molar-refractivity contribution in [1.29, 1.82) is 0 Å². The van der Waals surface area contributed by atoms with Gasteiger partial charge in [-0.25, -0.2) is 9.59 Å². The number of methoxy groups -OCH3 is 1. The summed E-state index contributed by atoms with van der Waals surface area (Å²) in [6, 6.07) is 12.7. The molecule has 0 aliphatic carbocycles. The van der Waals surface area contributed by atoms with E-state index >= 15 is 0 Å². The van der Waals surface area contributed by atoms with E-state index in [1.807, 2.05) is 45.0 Å². The predicted molar refractivity (Wildman–Crippen MR) is 130 cm³/mol. The first-order valence-corrected chi connectivity index (χ1v) is 11.1. The molecule has 1 amide bonds. The lowest BCUT2D eigenvalue weighted by Crippen LogP contribution is -2.42. The van der Waals surface area contributed by atoms with Crippen LogP contribution in [0.2, 0.25) is 0 Å². The smallest absolute Gasteiger partial charge is 0.410 e. The van der Waals surface area contributed by atoms with Gasteiger partial charge in [0, 0.05) is 35.7 Å². The van der Waals surface area contributed by atoms with Gasteiger partial charge in [0.25, 0.3) is 0 Å². The van der Waals surface area contributed by atoms with Crippen molar-refractivity contribution in [3.8, 4) is 0 Å². The number of nitrogens with zero attached hydrogens (tertiary/aromatic N) is 5. The first kappa shape index (κ1) is 24.8. The van der Waals surface area contributed by atoms with E-state index in [1.54, 1.807) is 23.2 Å². The highest BCUT2D eigenvalue weighted by molar-refractivity contribution is 6.00. The highest BCUT2D eigenvalue weighted by Crippen LogP contribution is 2.30. The molecule has 9 heteroatoms. The van der Waals surface area contributed by atoms with Gasteiger partial charge in [0.2, 0.25) is 0 Å². The fourth-order valence-corrected chi connectivity index (χ4v) is 3.81. The number of rotatable bonds is 5. The summed E-state index contributed by atoms with van der Waals surface area (Å²) in [5.41, 5.74) is 11.1. The molecular formula is C25H29N5O4. The third kappa shape index (κ3) is 6.36. The third-order valence-corrected chi connectivity index (χ3v) is 5.41. The van der Waals surface area contributed by atoms with Crippen LogP contribution in [0.3, 0.4) is 0 Å². The van der Waals surface area contributed by atoms with Crippen molar-refractivity contribution in [1.82, 2.24) is 4.90 Å². The van der Waals surface area contributed by atoms with Crippen molar-refractivity contribution >= 4 is 29.7 Å². The number of piperidine rings is 1. The zero-order valence-electron chi connectivity index (χ0n) is 19.9. The van der Waals surface area contributed by atoms with Crippen LogP contribution in [0.5, 0.6) is 0 Å². The number of carbonyl (C=O) groups is 2. The van der Waals surface area contributed by atoms with Crippen LogP contribution in [0, 0.1) is 0 Å². The zero-order chi connectivity index (χ0) is 24.7. The monoisotopic (exact) mass is 463 g/mol. The summed E-state index contributed by atoms with van der Waals surface area (Å²) in [4.78, 5) is 33.5. The molecule has 9 nitrogen and oxygen atoms in total. The Kier molecular flexibility index (Phi) is 7.91. The van der Waals surface area contributed by atoms with Crippen molar-refractivity contribution in [2.24, 2.45) is 10.1 Å². The number of hydrogen-bond donors (Lipinski definition) is 0. The van der Waals surface area contributed by atoms with E-state index in [9.17, 15) is 9.59 Å². The number of esters is 1. The van der Waals surface area contributed by atoms with Crippen LogP contribution in [-0.4, -0.2) is 49.0 Å². The molecule has 34 heavy (non-hydrogen) atoms. The molecule has 1 aliphatic heterocycles. The Bertz CT molecular complexity index is 1120. The van der Waals surface area contributed by atoms with Crippen molar-refractivity contribution < 1.29 is 19.1 Å². The van der Waals surface area contributed by atoms with Crippen LogP contribution in [0.4, 0.5) is 16.2 Å². The molecule has 0 bridgehead atoms. The van der Waals surface area contributed by atoms with E-state index in [0.29, 0.717) is 24.3 Å². The van der Waals surface area contributed by atoms with Gasteiger partial charge in [0.1, 0.15) is 5.60 Å². The zero-order valence-corrected chi connectivity index (χ0v) is 19.9. The molecule has 0 unspecified atom stereocenters. The molecule has 1 atom stereocenters. The van der Waals surface area contributed by atoms with Gasteiger partial charge < -0.3 is 14.4 Å². The quantitative estimate of drug-likeness (QED) is 0.170. The van der Waals surface area contributed by atoms with E-state index in [1.165, 1.54) is 13.2 Å². The van der Waals surface area contributed by atoms with E-state index in [2.05, 4.69) is 15.0 Å². The second-order valence-corrected chi connectivity index (χ2v) is 9.04. The molecule has 0 spiro atoms. The van der Waals surface area contributed by atoms with Gasteiger partial charge in [-0.05, 0) is 62.9 Å². The minimum Gasteiger partial charge on any atom is -0.465 e. The Morgan fingerprint density at radius 1 is 1.18 bits per heavy atom. The number of carbonyl (C=O) groups excluding carboxylic acids is 2. The molecule has 2 aromatic carbocycles. The molecule has 0 radical (unpaired) electrons. The molecule has 178 valence electrons. The highest BCUT2D eigenvalue weighted by atomic mass is 16.6.